The number of hydrogen-bond donors (Lipinski definition) is 1. The highest BCUT2D eigenvalue weighted by Crippen LogP contribution is 2.11. The van der Waals surface area contributed by atoms with Gasteiger partial charge in [-0.25, -0.2) is 4.79 Å². The second kappa shape index (κ2) is 14.0. The summed E-state index contributed by atoms with van der Waals surface area (Å²) in [4.78, 5) is 23.5. The largest absolute Gasteiger partial charge is 0.460 e. The lowest BCUT2D eigenvalue weighted by Gasteiger charge is -2.19. The van der Waals surface area contributed by atoms with E-state index in [4.69, 9.17) is 18.9 Å². The first-order valence-electron chi connectivity index (χ1n) is 10.2. The first-order chi connectivity index (χ1) is 13.8. The maximum Gasteiger partial charge on any atom is 0.338 e. The van der Waals surface area contributed by atoms with Gasteiger partial charge in [-0.3, -0.25) is 4.79 Å². The molecule has 0 unspecified atom stereocenters. The van der Waals surface area contributed by atoms with Crippen LogP contribution >= 0.6 is 0 Å². The van der Waals surface area contributed by atoms with Crippen LogP contribution in [0.1, 0.15) is 57.3 Å². The van der Waals surface area contributed by atoms with E-state index in [1.165, 1.54) is 0 Å². The van der Waals surface area contributed by atoms with Crippen molar-refractivity contribution >= 4 is 17.6 Å². The highest BCUT2D eigenvalue weighted by Gasteiger charge is 2.15. The third kappa shape index (κ3) is 12.9. The summed E-state index contributed by atoms with van der Waals surface area (Å²) in [6.07, 6.45) is 2.46. The average molecular weight is 410 g/mol. The van der Waals surface area contributed by atoms with Crippen molar-refractivity contribution in [3.63, 3.8) is 0 Å². The summed E-state index contributed by atoms with van der Waals surface area (Å²) >= 11 is 0. The summed E-state index contributed by atoms with van der Waals surface area (Å²) < 4.78 is 21.0. The van der Waals surface area contributed by atoms with Crippen molar-refractivity contribution in [3.05, 3.63) is 29.8 Å². The highest BCUT2D eigenvalue weighted by molar-refractivity contribution is 5.89. The molecule has 0 saturated carbocycles. The molecule has 0 saturated heterocycles. The summed E-state index contributed by atoms with van der Waals surface area (Å²) in [6.45, 7) is 10.0. The third-order valence-electron chi connectivity index (χ3n) is 3.68. The standard InChI is InChI=1S/C22H35NO6/c1-5-6-12-23-19-9-7-18(8-10-19)21(25)28-17-16-27-15-14-26-13-11-20(24)29-22(2,3)4/h7-10,23H,5-6,11-17H2,1-4H3. The molecule has 0 bridgehead atoms. The van der Waals surface area contributed by atoms with E-state index < -0.39 is 5.60 Å². The highest BCUT2D eigenvalue weighted by atomic mass is 16.6. The Hall–Kier alpha value is -2.12. The van der Waals surface area contributed by atoms with Crippen LogP contribution in [0.4, 0.5) is 5.69 Å². The number of rotatable bonds is 14. The van der Waals surface area contributed by atoms with E-state index in [2.05, 4.69) is 12.2 Å². The van der Waals surface area contributed by atoms with Crippen LogP contribution in [0.25, 0.3) is 0 Å². The number of ether oxygens (including phenoxy) is 4. The van der Waals surface area contributed by atoms with Crippen LogP contribution in [-0.4, -0.2) is 57.1 Å². The van der Waals surface area contributed by atoms with E-state index >= 15 is 0 Å². The van der Waals surface area contributed by atoms with E-state index in [0.717, 1.165) is 25.1 Å². The van der Waals surface area contributed by atoms with Gasteiger partial charge in [0.2, 0.25) is 0 Å². The molecule has 0 aliphatic heterocycles. The van der Waals surface area contributed by atoms with Crippen LogP contribution < -0.4 is 5.32 Å². The van der Waals surface area contributed by atoms with Crippen LogP contribution in [0, 0.1) is 0 Å². The molecule has 0 fully saturated rings. The van der Waals surface area contributed by atoms with Crippen molar-refractivity contribution in [2.24, 2.45) is 0 Å². The van der Waals surface area contributed by atoms with E-state index in [1.807, 2.05) is 32.9 Å². The number of benzene rings is 1. The fraction of sp³-hybridized carbons (Fsp3) is 0.636. The predicted octanol–water partition coefficient (Wildman–Crippen LogP) is 3.82. The molecule has 1 rings (SSSR count). The molecule has 0 spiro atoms. The zero-order valence-corrected chi connectivity index (χ0v) is 18.1. The van der Waals surface area contributed by atoms with Crippen molar-refractivity contribution in [2.45, 2.75) is 52.6 Å². The minimum atomic E-state index is -0.481. The molecule has 1 N–H and O–H groups in total. The molecule has 0 aliphatic carbocycles. The van der Waals surface area contributed by atoms with E-state index in [-0.39, 0.29) is 38.2 Å². The fourth-order valence-corrected chi connectivity index (χ4v) is 2.28. The molecule has 1 aromatic rings. The quantitative estimate of drug-likeness (QED) is 0.369. The van der Waals surface area contributed by atoms with Crippen LogP contribution in [0.5, 0.6) is 0 Å². The molecular weight excluding hydrogens is 374 g/mol. The van der Waals surface area contributed by atoms with Gasteiger partial charge in [-0.2, -0.15) is 0 Å². The smallest absolute Gasteiger partial charge is 0.338 e. The number of unbranched alkanes of at least 4 members (excludes halogenated alkanes) is 1. The number of nitrogens with one attached hydrogen (secondary N) is 1. The summed E-state index contributed by atoms with van der Waals surface area (Å²) in [7, 11) is 0. The SMILES string of the molecule is CCCCNc1ccc(C(=O)OCCOCCOCCC(=O)OC(C)(C)C)cc1. The van der Waals surface area contributed by atoms with Gasteiger partial charge in [0.25, 0.3) is 0 Å². The Morgan fingerprint density at radius 2 is 1.55 bits per heavy atom. The molecular formula is C22H35NO6. The Balaban J connectivity index is 2.04. The Bertz CT molecular complexity index is 594. The summed E-state index contributed by atoms with van der Waals surface area (Å²) in [6, 6.07) is 7.24. The zero-order chi connectivity index (χ0) is 21.5. The number of esters is 2. The Morgan fingerprint density at radius 3 is 2.17 bits per heavy atom. The van der Waals surface area contributed by atoms with Crippen LogP contribution in [0.15, 0.2) is 24.3 Å². The second-order valence-corrected chi connectivity index (χ2v) is 7.55. The number of carbonyl (C=O) groups excluding carboxylic acids is 2. The molecule has 7 nitrogen and oxygen atoms in total. The zero-order valence-electron chi connectivity index (χ0n) is 18.1. The number of anilines is 1. The summed E-state index contributed by atoms with van der Waals surface area (Å²) in [5.74, 6) is -0.655. The minimum Gasteiger partial charge on any atom is -0.460 e. The van der Waals surface area contributed by atoms with Crippen LogP contribution in [-0.2, 0) is 23.7 Å². The first kappa shape index (κ1) is 24.9. The molecule has 0 aliphatic rings. The lowest BCUT2D eigenvalue weighted by Crippen LogP contribution is -2.24. The van der Waals surface area contributed by atoms with Gasteiger partial charge in [-0.05, 0) is 51.5 Å². The summed E-state index contributed by atoms with van der Waals surface area (Å²) in [5.41, 5.74) is 1.02. The van der Waals surface area contributed by atoms with Crippen molar-refractivity contribution in [1.82, 2.24) is 0 Å². The van der Waals surface area contributed by atoms with Gasteiger partial charge in [-0.1, -0.05) is 13.3 Å². The maximum absolute atomic E-state index is 12.0. The van der Waals surface area contributed by atoms with Gasteiger partial charge in [0.1, 0.15) is 12.2 Å². The summed E-state index contributed by atoms with van der Waals surface area (Å²) in [5, 5.41) is 3.30. The average Bonchev–Trinajstić information content (AvgIpc) is 2.66. The fourth-order valence-electron chi connectivity index (χ4n) is 2.28. The van der Waals surface area contributed by atoms with Gasteiger partial charge >= 0.3 is 11.9 Å². The molecule has 1 aromatic carbocycles. The molecule has 0 atom stereocenters. The Kier molecular flexibility index (Phi) is 12.0. The second-order valence-electron chi connectivity index (χ2n) is 7.55. The lowest BCUT2D eigenvalue weighted by molar-refractivity contribution is -0.156. The Labute approximate surface area is 174 Å². The van der Waals surface area contributed by atoms with E-state index in [1.54, 1.807) is 12.1 Å². The molecule has 0 heterocycles. The molecule has 7 heteroatoms. The van der Waals surface area contributed by atoms with Crippen molar-refractivity contribution < 1.29 is 28.5 Å². The topological polar surface area (TPSA) is 83.1 Å². The normalized spacial score (nSPS) is 11.2. The van der Waals surface area contributed by atoms with Gasteiger partial charge in [0.15, 0.2) is 0 Å². The Morgan fingerprint density at radius 1 is 0.931 bits per heavy atom. The van der Waals surface area contributed by atoms with Crippen molar-refractivity contribution in [3.8, 4) is 0 Å². The molecule has 29 heavy (non-hydrogen) atoms. The van der Waals surface area contributed by atoms with Gasteiger partial charge in [0.05, 0.1) is 38.4 Å². The van der Waals surface area contributed by atoms with Gasteiger partial charge < -0.3 is 24.3 Å². The number of carbonyl (C=O) groups is 2. The van der Waals surface area contributed by atoms with E-state index in [9.17, 15) is 9.59 Å². The lowest BCUT2D eigenvalue weighted by atomic mass is 10.2. The minimum absolute atomic E-state index is 0.174. The molecule has 0 aromatic heterocycles. The van der Waals surface area contributed by atoms with Crippen molar-refractivity contribution in [2.75, 3.05) is 44.9 Å². The predicted molar refractivity (Wildman–Crippen MR) is 112 cm³/mol. The van der Waals surface area contributed by atoms with Crippen LogP contribution in [0.3, 0.4) is 0 Å². The van der Waals surface area contributed by atoms with Gasteiger partial charge in [0, 0.05) is 12.2 Å². The molecule has 0 amide bonds. The maximum atomic E-state index is 12.0. The molecule has 0 radical (unpaired) electrons. The van der Waals surface area contributed by atoms with Crippen LogP contribution in [0.2, 0.25) is 0 Å². The monoisotopic (exact) mass is 409 g/mol. The van der Waals surface area contributed by atoms with Crippen molar-refractivity contribution in [1.29, 1.82) is 0 Å². The third-order valence-corrected chi connectivity index (χ3v) is 3.68. The first-order valence-corrected chi connectivity index (χ1v) is 10.2. The molecule has 164 valence electrons. The number of hydrogen-bond acceptors (Lipinski definition) is 7. The van der Waals surface area contributed by atoms with E-state index in [0.29, 0.717) is 18.8 Å². The van der Waals surface area contributed by atoms with Gasteiger partial charge in [-0.15, -0.1) is 0 Å².